The minimum Gasteiger partial charge on any atom is -0.469 e. The van der Waals surface area contributed by atoms with Gasteiger partial charge in [-0.3, -0.25) is 4.79 Å². The average molecular weight is 306 g/mol. The van der Waals surface area contributed by atoms with E-state index in [2.05, 4.69) is 20.8 Å². The molecule has 0 amide bonds. The van der Waals surface area contributed by atoms with E-state index in [1.165, 1.54) is 7.11 Å². The highest BCUT2D eigenvalue weighted by Crippen LogP contribution is 2.30. The number of methoxy groups -OCH3 is 1. The first kappa shape index (κ1) is 13.5. The van der Waals surface area contributed by atoms with E-state index in [1.807, 2.05) is 32.3 Å². The van der Waals surface area contributed by atoms with Crippen molar-refractivity contribution in [1.82, 2.24) is 0 Å². The van der Waals surface area contributed by atoms with Crippen molar-refractivity contribution in [3.63, 3.8) is 0 Å². The number of thiophene rings is 1. The lowest BCUT2D eigenvalue weighted by molar-refractivity contribution is -0.150. The first-order chi connectivity index (χ1) is 7.36. The number of anilines is 1. The summed E-state index contributed by atoms with van der Waals surface area (Å²) in [6.45, 7) is 4.41. The van der Waals surface area contributed by atoms with Gasteiger partial charge in [-0.1, -0.05) is 0 Å². The number of esters is 1. The maximum absolute atomic E-state index is 11.6. The van der Waals surface area contributed by atoms with E-state index >= 15 is 0 Å². The lowest BCUT2D eigenvalue weighted by Crippen LogP contribution is -2.37. The number of ether oxygens (including phenoxy) is 1. The highest BCUT2D eigenvalue weighted by atomic mass is 79.9. The number of nitrogens with zero attached hydrogens (tertiary/aromatic N) is 1. The largest absolute Gasteiger partial charge is 0.469 e. The fourth-order valence-electron chi connectivity index (χ4n) is 1.51. The highest BCUT2D eigenvalue weighted by Gasteiger charge is 2.30. The van der Waals surface area contributed by atoms with Gasteiger partial charge in [0.15, 0.2) is 0 Å². The van der Waals surface area contributed by atoms with E-state index in [4.69, 9.17) is 4.74 Å². The van der Waals surface area contributed by atoms with Crippen LogP contribution in [0.2, 0.25) is 0 Å². The van der Waals surface area contributed by atoms with Crippen LogP contribution in [0.4, 0.5) is 5.00 Å². The van der Waals surface area contributed by atoms with Crippen LogP contribution in [0.5, 0.6) is 0 Å². The number of carbonyl (C=O) groups excluding carboxylic acids is 1. The van der Waals surface area contributed by atoms with Gasteiger partial charge in [-0.15, -0.1) is 11.3 Å². The Morgan fingerprint density at radius 3 is 2.69 bits per heavy atom. The Bertz CT molecular complexity index is 376. The van der Waals surface area contributed by atoms with Gasteiger partial charge in [-0.05, 0) is 35.8 Å². The van der Waals surface area contributed by atoms with Crippen molar-refractivity contribution in [2.45, 2.75) is 13.8 Å². The van der Waals surface area contributed by atoms with Gasteiger partial charge >= 0.3 is 5.97 Å². The average Bonchev–Trinajstić information content (AvgIpc) is 2.63. The summed E-state index contributed by atoms with van der Waals surface area (Å²) in [5.41, 5.74) is -0.500. The zero-order valence-electron chi connectivity index (χ0n) is 9.91. The quantitative estimate of drug-likeness (QED) is 0.800. The molecule has 3 nitrogen and oxygen atoms in total. The van der Waals surface area contributed by atoms with Crippen molar-refractivity contribution in [2.75, 3.05) is 25.6 Å². The predicted molar refractivity (Wildman–Crippen MR) is 71.1 cm³/mol. The van der Waals surface area contributed by atoms with Crippen LogP contribution in [0, 0.1) is 5.41 Å². The van der Waals surface area contributed by atoms with Gasteiger partial charge in [-0.25, -0.2) is 0 Å². The summed E-state index contributed by atoms with van der Waals surface area (Å²) in [5, 5.41) is 3.15. The predicted octanol–water partition coefficient (Wildman–Crippen LogP) is 3.15. The Morgan fingerprint density at radius 1 is 1.62 bits per heavy atom. The molecule has 0 spiro atoms. The Labute approximate surface area is 109 Å². The van der Waals surface area contributed by atoms with Gasteiger partial charge in [0.05, 0.1) is 17.5 Å². The van der Waals surface area contributed by atoms with E-state index in [0.717, 1.165) is 9.47 Å². The first-order valence-corrected chi connectivity index (χ1v) is 6.57. The molecule has 0 radical (unpaired) electrons. The number of halogens is 1. The Balaban J connectivity index is 2.70. The summed E-state index contributed by atoms with van der Waals surface area (Å²) in [5.74, 6) is -0.185. The van der Waals surface area contributed by atoms with E-state index in [9.17, 15) is 4.79 Å². The molecule has 0 aliphatic heterocycles. The summed E-state index contributed by atoms with van der Waals surface area (Å²) in [4.78, 5) is 13.6. The Hall–Kier alpha value is -0.550. The molecule has 0 atom stereocenters. The summed E-state index contributed by atoms with van der Waals surface area (Å²) < 4.78 is 5.85. The maximum atomic E-state index is 11.6. The Morgan fingerprint density at radius 2 is 2.25 bits per heavy atom. The molecule has 0 fully saturated rings. The second kappa shape index (κ2) is 5.19. The fraction of sp³-hybridized carbons (Fsp3) is 0.545. The lowest BCUT2D eigenvalue weighted by atomic mass is 9.93. The number of hydrogen-bond donors (Lipinski definition) is 0. The Kier molecular flexibility index (Phi) is 4.38. The van der Waals surface area contributed by atoms with Crippen LogP contribution in [0.1, 0.15) is 13.8 Å². The topological polar surface area (TPSA) is 29.5 Å². The molecular formula is C11H16BrNO2S. The van der Waals surface area contributed by atoms with Crippen molar-refractivity contribution in [3.05, 3.63) is 15.9 Å². The molecule has 16 heavy (non-hydrogen) atoms. The molecule has 0 saturated heterocycles. The summed E-state index contributed by atoms with van der Waals surface area (Å²) in [7, 11) is 3.40. The van der Waals surface area contributed by atoms with Crippen molar-refractivity contribution >= 4 is 38.2 Å². The van der Waals surface area contributed by atoms with Crippen LogP contribution in [-0.2, 0) is 9.53 Å². The molecule has 0 aromatic carbocycles. The van der Waals surface area contributed by atoms with E-state index in [-0.39, 0.29) is 5.97 Å². The molecule has 0 bridgehead atoms. The lowest BCUT2D eigenvalue weighted by Gasteiger charge is -2.28. The zero-order chi connectivity index (χ0) is 12.3. The number of rotatable bonds is 4. The first-order valence-electron chi connectivity index (χ1n) is 4.90. The molecule has 1 heterocycles. The summed E-state index contributed by atoms with van der Waals surface area (Å²) in [6.07, 6.45) is 0. The molecule has 1 aromatic heterocycles. The van der Waals surface area contributed by atoms with E-state index in [0.29, 0.717) is 6.54 Å². The van der Waals surface area contributed by atoms with Gasteiger partial charge in [0, 0.05) is 23.4 Å². The molecule has 5 heteroatoms. The normalized spacial score (nSPS) is 11.3. The van der Waals surface area contributed by atoms with Gasteiger partial charge in [0.25, 0.3) is 0 Å². The molecule has 0 N–H and O–H groups in total. The van der Waals surface area contributed by atoms with Crippen molar-refractivity contribution in [2.24, 2.45) is 5.41 Å². The highest BCUT2D eigenvalue weighted by molar-refractivity contribution is 9.10. The van der Waals surface area contributed by atoms with Crippen LogP contribution in [0.25, 0.3) is 0 Å². The molecule has 1 aromatic rings. The summed E-state index contributed by atoms with van der Waals surface area (Å²) >= 11 is 5.06. The second-order valence-electron chi connectivity index (χ2n) is 4.33. The zero-order valence-corrected chi connectivity index (χ0v) is 12.3. The van der Waals surface area contributed by atoms with Crippen molar-refractivity contribution < 1.29 is 9.53 Å². The molecule has 0 unspecified atom stereocenters. The third kappa shape index (κ3) is 3.22. The summed E-state index contributed by atoms with van der Waals surface area (Å²) in [6, 6.07) is 2.04. The third-order valence-corrected chi connectivity index (χ3v) is 4.10. The van der Waals surface area contributed by atoms with E-state index < -0.39 is 5.41 Å². The molecular weight excluding hydrogens is 290 g/mol. The van der Waals surface area contributed by atoms with Crippen LogP contribution < -0.4 is 4.90 Å². The van der Waals surface area contributed by atoms with Gasteiger partial charge in [0.2, 0.25) is 0 Å². The third-order valence-electron chi connectivity index (χ3n) is 2.30. The van der Waals surface area contributed by atoms with Crippen LogP contribution >= 0.6 is 27.3 Å². The van der Waals surface area contributed by atoms with Gasteiger partial charge in [-0.2, -0.15) is 0 Å². The van der Waals surface area contributed by atoms with Gasteiger partial charge < -0.3 is 9.64 Å². The van der Waals surface area contributed by atoms with Crippen LogP contribution in [-0.4, -0.2) is 26.7 Å². The minimum absolute atomic E-state index is 0.185. The molecule has 0 saturated carbocycles. The molecule has 90 valence electrons. The van der Waals surface area contributed by atoms with Crippen molar-refractivity contribution in [3.8, 4) is 0 Å². The number of hydrogen-bond acceptors (Lipinski definition) is 4. The van der Waals surface area contributed by atoms with Crippen LogP contribution in [0.15, 0.2) is 15.9 Å². The van der Waals surface area contributed by atoms with Crippen LogP contribution in [0.3, 0.4) is 0 Å². The fourth-order valence-corrected chi connectivity index (χ4v) is 2.90. The maximum Gasteiger partial charge on any atom is 0.313 e. The SMILES string of the molecule is COC(=O)C(C)(C)CN(C)c1cc(Br)cs1. The van der Waals surface area contributed by atoms with Gasteiger partial charge in [0.1, 0.15) is 0 Å². The smallest absolute Gasteiger partial charge is 0.313 e. The van der Waals surface area contributed by atoms with E-state index in [1.54, 1.807) is 11.3 Å². The molecule has 1 rings (SSSR count). The second-order valence-corrected chi connectivity index (χ2v) is 6.14. The molecule has 0 aliphatic rings. The minimum atomic E-state index is -0.500. The standard InChI is InChI=1S/C11H16BrNO2S/c1-11(2,10(14)15-4)7-13(3)9-5-8(12)6-16-9/h5-6H,7H2,1-4H3. The van der Waals surface area contributed by atoms with Crippen molar-refractivity contribution in [1.29, 1.82) is 0 Å². The number of carbonyl (C=O) groups is 1. The molecule has 0 aliphatic carbocycles. The monoisotopic (exact) mass is 305 g/mol.